The summed E-state index contributed by atoms with van der Waals surface area (Å²) in [7, 11) is 0. The van der Waals surface area contributed by atoms with E-state index in [1.165, 1.54) is 0 Å². The van der Waals surface area contributed by atoms with E-state index in [1.54, 1.807) is 0 Å². The molecule has 0 radical (unpaired) electrons. The lowest BCUT2D eigenvalue weighted by molar-refractivity contribution is -0.124. The summed E-state index contributed by atoms with van der Waals surface area (Å²) in [5, 5.41) is 0. The van der Waals surface area contributed by atoms with Gasteiger partial charge in [0.2, 0.25) is 5.91 Å². The summed E-state index contributed by atoms with van der Waals surface area (Å²) >= 11 is 0. The fraction of sp³-hybridized carbons (Fsp3) is 0.917. The Labute approximate surface area is 103 Å². The van der Waals surface area contributed by atoms with Crippen molar-refractivity contribution in [3.05, 3.63) is 0 Å². The number of rotatable bonds is 8. The monoisotopic (exact) mass is 244 g/mol. The molecule has 0 aromatic rings. The zero-order chi connectivity index (χ0) is 12.7. The Bertz CT molecular complexity index is 248. The van der Waals surface area contributed by atoms with Gasteiger partial charge in [-0.2, -0.15) is 0 Å². The van der Waals surface area contributed by atoms with Gasteiger partial charge in [0.25, 0.3) is 0 Å². The van der Waals surface area contributed by atoms with E-state index in [9.17, 15) is 4.79 Å². The van der Waals surface area contributed by atoms with Crippen LogP contribution in [0.15, 0.2) is 0 Å². The standard InChI is InChI=1S/C12H24N2O3/c1-2-16-8-9-17-7-5-10-4-3-6-12(10,14)11(13)15/h10H,2-9,14H2,1H3,(H2,13,15). The Balaban J connectivity index is 2.20. The van der Waals surface area contributed by atoms with E-state index in [0.717, 1.165) is 19.3 Å². The topological polar surface area (TPSA) is 87.6 Å². The van der Waals surface area contributed by atoms with E-state index in [-0.39, 0.29) is 11.8 Å². The molecule has 1 amide bonds. The summed E-state index contributed by atoms with van der Waals surface area (Å²) in [5.41, 5.74) is 10.6. The van der Waals surface area contributed by atoms with Crippen molar-refractivity contribution < 1.29 is 14.3 Å². The van der Waals surface area contributed by atoms with Gasteiger partial charge in [-0.3, -0.25) is 4.79 Å². The summed E-state index contributed by atoms with van der Waals surface area (Å²) < 4.78 is 10.6. The van der Waals surface area contributed by atoms with Gasteiger partial charge in [0.15, 0.2) is 0 Å². The molecule has 0 bridgehead atoms. The molecule has 2 atom stereocenters. The van der Waals surface area contributed by atoms with Crippen molar-refractivity contribution in [1.29, 1.82) is 0 Å². The molecule has 17 heavy (non-hydrogen) atoms. The molecule has 0 spiro atoms. The molecule has 0 aromatic carbocycles. The summed E-state index contributed by atoms with van der Waals surface area (Å²) in [6, 6.07) is 0. The van der Waals surface area contributed by atoms with Crippen molar-refractivity contribution in [2.24, 2.45) is 17.4 Å². The highest BCUT2D eigenvalue weighted by molar-refractivity contribution is 5.85. The summed E-state index contributed by atoms with van der Waals surface area (Å²) in [6.07, 6.45) is 3.44. The number of carbonyl (C=O) groups is 1. The van der Waals surface area contributed by atoms with Gasteiger partial charge in [0, 0.05) is 13.2 Å². The summed E-state index contributed by atoms with van der Waals surface area (Å²) in [6.45, 7) is 4.48. The van der Waals surface area contributed by atoms with Crippen LogP contribution in [0.5, 0.6) is 0 Å². The minimum absolute atomic E-state index is 0.159. The zero-order valence-corrected chi connectivity index (χ0v) is 10.6. The second kappa shape index (κ2) is 6.93. The van der Waals surface area contributed by atoms with Crippen molar-refractivity contribution in [3.63, 3.8) is 0 Å². The van der Waals surface area contributed by atoms with Crippen LogP contribution < -0.4 is 11.5 Å². The van der Waals surface area contributed by atoms with Gasteiger partial charge in [0.1, 0.15) is 0 Å². The minimum atomic E-state index is -0.816. The predicted octanol–water partition coefficient (Wildman–Crippen LogP) is 0.413. The third kappa shape index (κ3) is 3.94. The molecule has 4 N–H and O–H groups in total. The Kier molecular flexibility index (Phi) is 5.88. The first-order valence-electron chi connectivity index (χ1n) is 6.35. The van der Waals surface area contributed by atoms with Gasteiger partial charge in [-0.1, -0.05) is 6.42 Å². The number of ether oxygens (including phenoxy) is 2. The predicted molar refractivity (Wildman–Crippen MR) is 65.4 cm³/mol. The fourth-order valence-electron chi connectivity index (χ4n) is 2.42. The fourth-order valence-corrected chi connectivity index (χ4v) is 2.42. The number of nitrogens with two attached hydrogens (primary N) is 2. The third-order valence-electron chi connectivity index (χ3n) is 3.52. The van der Waals surface area contributed by atoms with Crippen LogP contribution in [0.25, 0.3) is 0 Å². The van der Waals surface area contributed by atoms with Crippen LogP contribution in [-0.4, -0.2) is 37.9 Å². The van der Waals surface area contributed by atoms with Crippen molar-refractivity contribution in [3.8, 4) is 0 Å². The number of amides is 1. The molecule has 2 unspecified atom stereocenters. The first-order valence-corrected chi connectivity index (χ1v) is 6.35. The Morgan fingerprint density at radius 2 is 2.06 bits per heavy atom. The number of hydrogen-bond donors (Lipinski definition) is 2. The van der Waals surface area contributed by atoms with E-state index in [4.69, 9.17) is 20.9 Å². The van der Waals surface area contributed by atoms with E-state index in [2.05, 4.69) is 0 Å². The average molecular weight is 244 g/mol. The van der Waals surface area contributed by atoms with Crippen LogP contribution in [0.2, 0.25) is 0 Å². The van der Waals surface area contributed by atoms with Gasteiger partial charge in [-0.05, 0) is 32.1 Å². The zero-order valence-electron chi connectivity index (χ0n) is 10.6. The highest BCUT2D eigenvalue weighted by Crippen LogP contribution is 2.35. The maximum atomic E-state index is 11.3. The molecule has 0 saturated heterocycles. The Morgan fingerprint density at radius 3 is 2.71 bits per heavy atom. The molecule has 0 aliphatic heterocycles. The van der Waals surface area contributed by atoms with Crippen LogP contribution in [0.4, 0.5) is 0 Å². The second-order valence-corrected chi connectivity index (χ2v) is 4.59. The molecule has 5 heteroatoms. The van der Waals surface area contributed by atoms with Crippen molar-refractivity contribution in [2.75, 3.05) is 26.4 Å². The summed E-state index contributed by atoms with van der Waals surface area (Å²) in [4.78, 5) is 11.3. The SMILES string of the molecule is CCOCCOCCC1CCCC1(N)C(N)=O. The first-order chi connectivity index (χ1) is 8.11. The normalized spacial score (nSPS) is 28.5. The van der Waals surface area contributed by atoms with Crippen LogP contribution in [0.1, 0.15) is 32.6 Å². The molecule has 1 aliphatic carbocycles. The lowest BCUT2D eigenvalue weighted by Crippen LogP contribution is -2.54. The van der Waals surface area contributed by atoms with Gasteiger partial charge >= 0.3 is 0 Å². The van der Waals surface area contributed by atoms with Crippen molar-refractivity contribution >= 4 is 5.91 Å². The molecular formula is C12H24N2O3. The van der Waals surface area contributed by atoms with E-state index >= 15 is 0 Å². The largest absolute Gasteiger partial charge is 0.379 e. The highest BCUT2D eigenvalue weighted by Gasteiger charge is 2.43. The maximum absolute atomic E-state index is 11.3. The molecule has 5 nitrogen and oxygen atoms in total. The van der Waals surface area contributed by atoms with Crippen LogP contribution in [-0.2, 0) is 14.3 Å². The van der Waals surface area contributed by atoms with Crippen molar-refractivity contribution in [2.45, 2.75) is 38.1 Å². The number of carbonyl (C=O) groups excluding carboxylic acids is 1. The molecule has 1 aliphatic rings. The van der Waals surface area contributed by atoms with Gasteiger partial charge < -0.3 is 20.9 Å². The molecule has 0 heterocycles. The second-order valence-electron chi connectivity index (χ2n) is 4.59. The lowest BCUT2D eigenvalue weighted by Gasteiger charge is -2.27. The minimum Gasteiger partial charge on any atom is -0.379 e. The van der Waals surface area contributed by atoms with Crippen LogP contribution >= 0.6 is 0 Å². The summed E-state index contributed by atoms with van der Waals surface area (Å²) in [5.74, 6) is -0.221. The number of primary amides is 1. The molecule has 0 aromatic heterocycles. The maximum Gasteiger partial charge on any atom is 0.237 e. The third-order valence-corrected chi connectivity index (χ3v) is 3.52. The van der Waals surface area contributed by atoms with Gasteiger partial charge in [-0.25, -0.2) is 0 Å². The van der Waals surface area contributed by atoms with Crippen LogP contribution in [0, 0.1) is 5.92 Å². The van der Waals surface area contributed by atoms with Crippen LogP contribution in [0.3, 0.4) is 0 Å². The smallest absolute Gasteiger partial charge is 0.237 e. The average Bonchev–Trinajstić information content (AvgIpc) is 2.67. The van der Waals surface area contributed by atoms with Gasteiger partial charge in [0.05, 0.1) is 18.8 Å². The van der Waals surface area contributed by atoms with E-state index in [0.29, 0.717) is 32.8 Å². The molecular weight excluding hydrogens is 220 g/mol. The quantitative estimate of drug-likeness (QED) is 0.605. The van der Waals surface area contributed by atoms with Crippen molar-refractivity contribution in [1.82, 2.24) is 0 Å². The lowest BCUT2D eigenvalue weighted by atomic mass is 9.85. The Hall–Kier alpha value is -0.650. The van der Waals surface area contributed by atoms with Gasteiger partial charge in [-0.15, -0.1) is 0 Å². The highest BCUT2D eigenvalue weighted by atomic mass is 16.5. The number of hydrogen-bond acceptors (Lipinski definition) is 4. The van der Waals surface area contributed by atoms with E-state index in [1.807, 2.05) is 6.92 Å². The molecule has 1 saturated carbocycles. The molecule has 1 rings (SSSR count). The molecule has 1 fully saturated rings. The Morgan fingerprint density at radius 1 is 1.35 bits per heavy atom. The van der Waals surface area contributed by atoms with E-state index < -0.39 is 5.54 Å². The molecule has 100 valence electrons. The first kappa shape index (κ1) is 14.4.